The summed E-state index contributed by atoms with van der Waals surface area (Å²) in [6.07, 6.45) is 8.77. The van der Waals surface area contributed by atoms with Crippen molar-refractivity contribution in [1.29, 1.82) is 10.7 Å². The minimum absolute atomic E-state index is 0.0185. The number of nitrogens with one attached hydrogen (secondary N) is 2. The summed E-state index contributed by atoms with van der Waals surface area (Å²) in [4.78, 5) is 14.7. The highest BCUT2D eigenvalue weighted by Crippen LogP contribution is 2.31. The number of benzene rings is 2. The molecule has 288 valence electrons. The Labute approximate surface area is 319 Å². The largest absolute Gasteiger partial charge is 0.483 e. The summed E-state index contributed by atoms with van der Waals surface area (Å²) in [6, 6.07) is 9.07. The van der Waals surface area contributed by atoms with E-state index in [2.05, 4.69) is 62.9 Å². The molecule has 7 nitrogen and oxygen atoms in total. The first-order valence-electron chi connectivity index (χ1n) is 18.8. The number of rotatable bonds is 11. The molecule has 5 atom stereocenters. The molecule has 53 heavy (non-hydrogen) atoms. The van der Waals surface area contributed by atoms with Crippen molar-refractivity contribution >= 4 is 39.5 Å². The molecule has 10 heteroatoms. The molecule has 4 unspecified atom stereocenters. The molecule has 3 heterocycles. The lowest BCUT2D eigenvalue weighted by Gasteiger charge is -2.33. The normalized spacial score (nSPS) is 20.3. The van der Waals surface area contributed by atoms with Gasteiger partial charge in [-0.1, -0.05) is 65.4 Å². The molecule has 3 aliphatic rings. The Bertz CT molecular complexity index is 1930. The zero-order chi connectivity index (χ0) is 39.6. The maximum Gasteiger partial charge on any atom is 0.183 e. The van der Waals surface area contributed by atoms with Crippen molar-refractivity contribution < 1.29 is 18.3 Å². The minimum atomic E-state index is -0.542. The maximum atomic E-state index is 15.9. The summed E-state index contributed by atoms with van der Waals surface area (Å²) in [7, 11) is 3.53. The second-order valence-corrected chi connectivity index (χ2v) is 15.7. The van der Waals surface area contributed by atoms with Gasteiger partial charge in [-0.25, -0.2) is 8.78 Å². The lowest BCUT2D eigenvalue weighted by Crippen LogP contribution is -2.35. The molecule has 5 rings (SSSR count). The van der Waals surface area contributed by atoms with E-state index in [0.29, 0.717) is 28.0 Å². The highest BCUT2D eigenvalue weighted by Gasteiger charge is 2.32. The van der Waals surface area contributed by atoms with Crippen LogP contribution < -0.4 is 15.8 Å². The van der Waals surface area contributed by atoms with Crippen molar-refractivity contribution in [2.75, 3.05) is 32.6 Å². The molecule has 2 aromatic carbocycles. The van der Waals surface area contributed by atoms with Gasteiger partial charge in [0.2, 0.25) is 0 Å². The van der Waals surface area contributed by atoms with Crippen LogP contribution in [0.3, 0.4) is 0 Å². The highest BCUT2D eigenvalue weighted by molar-refractivity contribution is 8.15. The first-order valence-corrected chi connectivity index (χ1v) is 19.6. The zero-order valence-corrected chi connectivity index (χ0v) is 34.0. The van der Waals surface area contributed by atoms with Gasteiger partial charge in [0.05, 0.1) is 23.3 Å². The molecule has 2 N–H and O–H groups in total. The van der Waals surface area contributed by atoms with E-state index in [-0.39, 0.29) is 43.7 Å². The van der Waals surface area contributed by atoms with Crippen LogP contribution in [0.15, 0.2) is 54.3 Å². The second-order valence-electron chi connectivity index (χ2n) is 14.7. The number of anilines is 1. The molecule has 0 spiro atoms. The lowest BCUT2D eigenvalue weighted by atomic mass is 9.87. The van der Waals surface area contributed by atoms with Crippen LogP contribution in [0.2, 0.25) is 0 Å². The summed E-state index contributed by atoms with van der Waals surface area (Å²) in [6.45, 7) is 24.6. The smallest absolute Gasteiger partial charge is 0.183 e. The number of fused-ring (bicyclic) bond motifs is 2. The Morgan fingerprint density at radius 2 is 1.87 bits per heavy atom. The SMILES string of the molecule is C=C(Nc1c/c(=c2/ccc(F)c3c2=C(C#N)C(=N)S3)c(F)c/c1=C(/C)N(C)C(CC)CC(C)C(C)CC)OC.C=CC(C)=O.C[C@@H]1CC2CCCN2C1. The molecule has 3 aliphatic heterocycles. The van der Waals surface area contributed by atoms with Gasteiger partial charge in [-0.05, 0) is 106 Å². The topological polar surface area (TPSA) is 92.5 Å². The van der Waals surface area contributed by atoms with Crippen molar-refractivity contribution in [3.05, 3.63) is 81.9 Å². The van der Waals surface area contributed by atoms with Crippen molar-refractivity contribution in [2.45, 2.75) is 104 Å². The quantitative estimate of drug-likeness (QED) is 0.176. The Morgan fingerprint density at radius 1 is 1.19 bits per heavy atom. The minimum Gasteiger partial charge on any atom is -0.483 e. The van der Waals surface area contributed by atoms with Gasteiger partial charge in [0.1, 0.15) is 22.7 Å². The number of thioether (sulfide) groups is 1. The fourth-order valence-electron chi connectivity index (χ4n) is 7.35. The van der Waals surface area contributed by atoms with E-state index in [1.807, 2.05) is 20.0 Å². The summed E-state index contributed by atoms with van der Waals surface area (Å²) < 4.78 is 35.8. The number of nitrogens with zero attached hydrogens (tertiary/aromatic N) is 3. The number of allylic oxidation sites excluding steroid dienone is 1. The van der Waals surface area contributed by atoms with Crippen LogP contribution in [-0.4, -0.2) is 60.0 Å². The molecular weight excluding hydrogens is 689 g/mol. The molecule has 0 amide bonds. The van der Waals surface area contributed by atoms with E-state index in [4.69, 9.17) is 10.1 Å². The van der Waals surface area contributed by atoms with E-state index >= 15 is 4.39 Å². The molecule has 2 saturated heterocycles. The summed E-state index contributed by atoms with van der Waals surface area (Å²) in [5, 5.41) is 22.4. The van der Waals surface area contributed by atoms with Gasteiger partial charge < -0.3 is 19.9 Å². The number of halogens is 2. The predicted molar refractivity (Wildman–Crippen MR) is 216 cm³/mol. The van der Waals surface area contributed by atoms with Crippen molar-refractivity contribution in [3.8, 4) is 6.07 Å². The number of ether oxygens (including phenoxy) is 1. The van der Waals surface area contributed by atoms with Crippen LogP contribution in [0, 0.1) is 56.6 Å². The molecule has 0 radical (unpaired) electrons. The monoisotopic (exact) mass is 747 g/mol. The van der Waals surface area contributed by atoms with Gasteiger partial charge in [-0.3, -0.25) is 10.2 Å². The molecule has 2 fully saturated rings. The Kier molecular flexibility index (Phi) is 16.4. The lowest BCUT2D eigenvalue weighted by molar-refractivity contribution is -0.112. The standard InChI is InChI=1S/C31H38F2N4OS.C8H15N.C4H6O/c1-9-17(3)18(4)13-21(10-2)37(7)19(5)23-14-27(33)24(15-28(23)36-20(6)38-8)22-11-12-26(32)30-29(22)25(16-34)31(35)39-30;1-7-5-8-3-2-4-9(8)6-7;1-3-4(2)5/h11-12,14-15,17-18,21,35-36H,6,9-10,13H2,1-5,7-8H3;7-8H,2-6H2,1H3;3H,1H2,2H3/b23-19+,24-22+,35-31?;;/t;7-,8?;/m.1./s1. The van der Waals surface area contributed by atoms with Gasteiger partial charge >= 0.3 is 0 Å². The van der Waals surface area contributed by atoms with Crippen LogP contribution in [-0.2, 0) is 9.53 Å². The van der Waals surface area contributed by atoms with Crippen LogP contribution >= 0.6 is 11.8 Å². The predicted octanol–water partition coefficient (Wildman–Crippen LogP) is 8.70. The third-order valence-electron chi connectivity index (χ3n) is 11.0. The molecular formula is C43H59F2N5O2S. The van der Waals surface area contributed by atoms with Crippen LogP contribution in [0.1, 0.15) is 87.0 Å². The molecule has 0 aliphatic carbocycles. The van der Waals surface area contributed by atoms with E-state index in [0.717, 1.165) is 48.7 Å². The fourth-order valence-corrected chi connectivity index (χ4v) is 8.29. The van der Waals surface area contributed by atoms with Gasteiger partial charge in [0.25, 0.3) is 0 Å². The number of hydrogen-bond acceptors (Lipinski definition) is 8. The number of carbonyl (C=O) groups is 1. The van der Waals surface area contributed by atoms with E-state index < -0.39 is 11.6 Å². The van der Waals surface area contributed by atoms with E-state index in [1.165, 1.54) is 70.7 Å². The van der Waals surface area contributed by atoms with Gasteiger partial charge in [0.15, 0.2) is 11.7 Å². The number of ketones is 1. The number of carbonyl (C=O) groups excluding carboxylic acids is 1. The molecule has 0 saturated carbocycles. The second kappa shape index (κ2) is 19.9. The molecule has 0 aromatic heterocycles. The number of hydrogen-bond donors (Lipinski definition) is 2. The van der Waals surface area contributed by atoms with Crippen molar-refractivity contribution in [3.63, 3.8) is 0 Å². The van der Waals surface area contributed by atoms with Gasteiger partial charge in [-0.15, -0.1) is 0 Å². The zero-order valence-electron chi connectivity index (χ0n) is 33.2. The average Bonchev–Trinajstić information content (AvgIpc) is 3.83. The van der Waals surface area contributed by atoms with Gasteiger partial charge in [0, 0.05) is 47.0 Å². The average molecular weight is 748 g/mol. The van der Waals surface area contributed by atoms with E-state index in [1.54, 1.807) is 6.07 Å². The van der Waals surface area contributed by atoms with Crippen LogP contribution in [0.25, 0.3) is 11.3 Å². The summed E-state index contributed by atoms with van der Waals surface area (Å²) >= 11 is 0.875. The molecule has 0 bridgehead atoms. The Morgan fingerprint density at radius 3 is 2.43 bits per heavy atom. The third-order valence-corrected chi connectivity index (χ3v) is 12.0. The number of methoxy groups -OCH3 is 1. The van der Waals surface area contributed by atoms with Crippen LogP contribution in [0.5, 0.6) is 0 Å². The van der Waals surface area contributed by atoms with Crippen molar-refractivity contribution in [1.82, 2.24) is 9.80 Å². The first-order chi connectivity index (χ1) is 25.1. The fraction of sp³-hybridized carbons (Fsp3) is 0.512. The number of nitriles is 1. The van der Waals surface area contributed by atoms with Gasteiger partial charge in [-0.2, -0.15) is 5.26 Å². The van der Waals surface area contributed by atoms with Crippen molar-refractivity contribution in [2.24, 2.45) is 17.8 Å². The Balaban J connectivity index is 0.000000445. The highest BCUT2D eigenvalue weighted by atomic mass is 32.2. The Hall–Kier alpha value is -3.94. The summed E-state index contributed by atoms with van der Waals surface area (Å²) in [5.74, 6) is 1.39. The third kappa shape index (κ3) is 10.8. The maximum absolute atomic E-state index is 15.9. The van der Waals surface area contributed by atoms with E-state index in [9.17, 15) is 14.4 Å². The first kappa shape index (κ1) is 43.5. The summed E-state index contributed by atoms with van der Waals surface area (Å²) in [5.41, 5.74) is 1.50. The van der Waals surface area contributed by atoms with Crippen LogP contribution in [0.4, 0.5) is 14.5 Å². The molecule has 2 aromatic rings.